The number of nitrogens with two attached hydrogens (primary N) is 1. The molecule has 1 aromatic carbocycles. The minimum atomic E-state index is -0.523. The molecule has 1 aromatic rings. The van der Waals surface area contributed by atoms with Crippen LogP contribution < -0.4 is 5.73 Å². The first kappa shape index (κ1) is 16.8. The van der Waals surface area contributed by atoms with Crippen molar-refractivity contribution < 1.29 is 13.6 Å². The number of benzene rings is 1. The quantitative estimate of drug-likeness (QED) is 0.918. The highest BCUT2D eigenvalue weighted by Crippen LogP contribution is 2.23. The zero-order valence-electron chi connectivity index (χ0n) is 10.3. The number of hydrogen-bond acceptors (Lipinski definition) is 2. The minimum absolute atomic E-state index is 0. The third kappa shape index (κ3) is 3.92. The normalized spacial score (nSPS) is 11.6. The lowest BCUT2D eigenvalue weighted by molar-refractivity contribution is -0.131. The highest BCUT2D eigenvalue weighted by molar-refractivity contribution is 5.85. The maximum atomic E-state index is 13.5. The predicted octanol–water partition coefficient (Wildman–Crippen LogP) is 2.25. The number of amides is 1. The fourth-order valence-corrected chi connectivity index (χ4v) is 1.56. The summed E-state index contributed by atoms with van der Waals surface area (Å²) in [6.07, 6.45) is 0.192. The maximum Gasteiger partial charge on any atom is 0.224 e. The van der Waals surface area contributed by atoms with E-state index in [9.17, 15) is 13.6 Å². The number of halogens is 3. The van der Waals surface area contributed by atoms with Gasteiger partial charge in [0.25, 0.3) is 0 Å². The molecule has 18 heavy (non-hydrogen) atoms. The molecule has 0 aliphatic rings. The van der Waals surface area contributed by atoms with Gasteiger partial charge in [0.2, 0.25) is 5.91 Å². The van der Waals surface area contributed by atoms with Crippen LogP contribution in [-0.2, 0) is 4.79 Å². The SMILES string of the molecule is CC(c1cc(F)ccc1F)N(C)C(=O)CCN.Cl. The smallest absolute Gasteiger partial charge is 0.224 e. The van der Waals surface area contributed by atoms with Crippen molar-refractivity contribution in [1.29, 1.82) is 0 Å². The van der Waals surface area contributed by atoms with E-state index in [2.05, 4.69) is 0 Å². The van der Waals surface area contributed by atoms with Crippen molar-refractivity contribution in [3.8, 4) is 0 Å². The highest BCUT2D eigenvalue weighted by Gasteiger charge is 2.20. The first-order valence-electron chi connectivity index (χ1n) is 5.38. The van der Waals surface area contributed by atoms with Gasteiger partial charge < -0.3 is 10.6 Å². The molecule has 0 saturated carbocycles. The Morgan fingerprint density at radius 2 is 2.06 bits per heavy atom. The van der Waals surface area contributed by atoms with Gasteiger partial charge in [0.05, 0.1) is 6.04 Å². The standard InChI is InChI=1S/C12H16F2N2O.ClH/c1-8(16(2)12(17)5-6-15)10-7-9(13)3-4-11(10)14;/h3-4,7-8H,5-6,15H2,1-2H3;1H. The van der Waals surface area contributed by atoms with Gasteiger partial charge in [-0.05, 0) is 25.1 Å². The Bertz CT molecular complexity index is 415. The van der Waals surface area contributed by atoms with Crippen LogP contribution in [0.15, 0.2) is 18.2 Å². The molecular weight excluding hydrogens is 262 g/mol. The Morgan fingerprint density at radius 3 is 2.61 bits per heavy atom. The van der Waals surface area contributed by atoms with Crippen LogP contribution in [-0.4, -0.2) is 24.4 Å². The number of rotatable bonds is 4. The van der Waals surface area contributed by atoms with Crippen molar-refractivity contribution in [2.75, 3.05) is 13.6 Å². The molecule has 0 fully saturated rings. The zero-order valence-corrected chi connectivity index (χ0v) is 11.1. The molecule has 1 rings (SSSR count). The average molecular weight is 279 g/mol. The monoisotopic (exact) mass is 278 g/mol. The average Bonchev–Trinajstić information content (AvgIpc) is 2.30. The van der Waals surface area contributed by atoms with Gasteiger partial charge in [-0.25, -0.2) is 8.78 Å². The lowest BCUT2D eigenvalue weighted by atomic mass is 10.1. The summed E-state index contributed by atoms with van der Waals surface area (Å²) in [4.78, 5) is 12.9. The summed E-state index contributed by atoms with van der Waals surface area (Å²) in [6, 6.07) is 2.69. The van der Waals surface area contributed by atoms with E-state index in [0.717, 1.165) is 18.2 Å². The topological polar surface area (TPSA) is 46.3 Å². The molecule has 0 aromatic heterocycles. The molecule has 0 heterocycles. The first-order chi connectivity index (χ1) is 7.97. The largest absolute Gasteiger partial charge is 0.339 e. The third-order valence-electron chi connectivity index (χ3n) is 2.74. The number of hydrogen-bond donors (Lipinski definition) is 1. The van der Waals surface area contributed by atoms with Crippen LogP contribution in [0.2, 0.25) is 0 Å². The van der Waals surface area contributed by atoms with E-state index in [1.807, 2.05) is 0 Å². The van der Waals surface area contributed by atoms with Crippen molar-refractivity contribution in [1.82, 2.24) is 4.90 Å². The van der Waals surface area contributed by atoms with Gasteiger partial charge in [0.1, 0.15) is 11.6 Å². The molecule has 0 spiro atoms. The van der Waals surface area contributed by atoms with E-state index in [1.54, 1.807) is 14.0 Å². The lowest BCUT2D eigenvalue weighted by Gasteiger charge is -2.25. The molecule has 102 valence electrons. The second-order valence-corrected chi connectivity index (χ2v) is 3.89. The molecule has 6 heteroatoms. The fraction of sp³-hybridized carbons (Fsp3) is 0.417. The molecule has 0 aliphatic heterocycles. The molecule has 2 N–H and O–H groups in total. The zero-order chi connectivity index (χ0) is 13.0. The van der Waals surface area contributed by atoms with Gasteiger partial charge in [-0.2, -0.15) is 0 Å². The van der Waals surface area contributed by atoms with Gasteiger partial charge in [-0.15, -0.1) is 12.4 Å². The Kier molecular flexibility index (Phi) is 6.80. The molecule has 0 aliphatic carbocycles. The van der Waals surface area contributed by atoms with Crippen molar-refractivity contribution >= 4 is 18.3 Å². The van der Waals surface area contributed by atoms with Crippen molar-refractivity contribution in [3.63, 3.8) is 0 Å². The van der Waals surface area contributed by atoms with Gasteiger partial charge >= 0.3 is 0 Å². The Balaban J connectivity index is 0.00000289. The Morgan fingerprint density at radius 1 is 1.44 bits per heavy atom. The van der Waals surface area contributed by atoms with Crippen LogP contribution in [0.5, 0.6) is 0 Å². The summed E-state index contributed by atoms with van der Waals surface area (Å²) in [5, 5.41) is 0. The summed E-state index contributed by atoms with van der Waals surface area (Å²) in [7, 11) is 1.55. The van der Waals surface area contributed by atoms with E-state index in [4.69, 9.17) is 5.73 Å². The molecule has 0 radical (unpaired) electrons. The van der Waals surface area contributed by atoms with Crippen LogP contribution in [0.1, 0.15) is 24.9 Å². The van der Waals surface area contributed by atoms with Crippen LogP contribution >= 0.6 is 12.4 Å². The van der Waals surface area contributed by atoms with Gasteiger partial charge in [-0.1, -0.05) is 0 Å². The number of carbonyl (C=O) groups is 1. The minimum Gasteiger partial charge on any atom is -0.339 e. The number of carbonyl (C=O) groups excluding carboxylic acids is 1. The van der Waals surface area contributed by atoms with Crippen molar-refractivity contribution in [3.05, 3.63) is 35.4 Å². The molecule has 3 nitrogen and oxygen atoms in total. The van der Waals surface area contributed by atoms with Gasteiger partial charge in [0.15, 0.2) is 0 Å². The van der Waals surface area contributed by atoms with Crippen molar-refractivity contribution in [2.24, 2.45) is 5.73 Å². The van der Waals surface area contributed by atoms with Crippen LogP contribution in [0.25, 0.3) is 0 Å². The predicted molar refractivity (Wildman–Crippen MR) is 68.5 cm³/mol. The lowest BCUT2D eigenvalue weighted by Crippen LogP contribution is -2.31. The molecule has 0 saturated heterocycles. The summed E-state index contributed by atoms with van der Waals surface area (Å²) in [5.41, 5.74) is 5.44. The second kappa shape index (κ2) is 7.28. The van der Waals surface area contributed by atoms with E-state index < -0.39 is 17.7 Å². The van der Waals surface area contributed by atoms with E-state index in [1.165, 1.54) is 4.90 Å². The molecule has 1 atom stereocenters. The number of nitrogens with zero attached hydrogens (tertiary/aromatic N) is 1. The van der Waals surface area contributed by atoms with Gasteiger partial charge in [-0.3, -0.25) is 4.79 Å². The Hall–Kier alpha value is -1.20. The molecule has 1 unspecified atom stereocenters. The summed E-state index contributed by atoms with van der Waals surface area (Å²) in [6.45, 7) is 1.88. The fourth-order valence-electron chi connectivity index (χ4n) is 1.56. The van der Waals surface area contributed by atoms with Gasteiger partial charge in [0, 0.05) is 25.6 Å². The van der Waals surface area contributed by atoms with Crippen LogP contribution in [0.3, 0.4) is 0 Å². The summed E-state index contributed by atoms with van der Waals surface area (Å²) < 4.78 is 26.5. The Labute approximate surface area is 111 Å². The van der Waals surface area contributed by atoms with E-state index in [0.29, 0.717) is 0 Å². The summed E-state index contributed by atoms with van der Waals surface area (Å²) >= 11 is 0. The molecule has 0 bridgehead atoms. The van der Waals surface area contributed by atoms with Crippen LogP contribution in [0, 0.1) is 11.6 Å². The van der Waals surface area contributed by atoms with Crippen molar-refractivity contribution in [2.45, 2.75) is 19.4 Å². The maximum absolute atomic E-state index is 13.5. The summed E-state index contributed by atoms with van der Waals surface area (Å²) in [5.74, 6) is -1.23. The second-order valence-electron chi connectivity index (χ2n) is 3.89. The highest BCUT2D eigenvalue weighted by atomic mass is 35.5. The molecular formula is C12H17ClF2N2O. The first-order valence-corrected chi connectivity index (χ1v) is 5.38. The van der Waals surface area contributed by atoms with Crippen LogP contribution in [0.4, 0.5) is 8.78 Å². The van der Waals surface area contributed by atoms with E-state index >= 15 is 0 Å². The van der Waals surface area contributed by atoms with E-state index in [-0.39, 0.29) is 36.8 Å². The molecule has 1 amide bonds. The third-order valence-corrected chi connectivity index (χ3v) is 2.74.